The highest BCUT2D eigenvalue weighted by Gasteiger charge is 2.20. The van der Waals surface area contributed by atoms with E-state index in [0.29, 0.717) is 0 Å². The highest BCUT2D eigenvalue weighted by Crippen LogP contribution is 2.06. The third kappa shape index (κ3) is 10.6. The van der Waals surface area contributed by atoms with Crippen LogP contribution in [-0.4, -0.2) is 48.9 Å². The second kappa shape index (κ2) is 7.44. The van der Waals surface area contributed by atoms with Crippen LogP contribution in [0.4, 0.5) is 4.79 Å². The molecule has 8 nitrogen and oxygen atoms in total. The first-order valence-electron chi connectivity index (χ1n) is 6.88. The van der Waals surface area contributed by atoms with Crippen molar-refractivity contribution in [2.45, 2.75) is 45.8 Å². The second-order valence-corrected chi connectivity index (χ2v) is 6.64. The van der Waals surface area contributed by atoms with Crippen LogP contribution in [0.25, 0.3) is 0 Å². The third-order valence-corrected chi connectivity index (χ3v) is 2.54. The standard InChI is InChI=1S/C11H22N2O6S/c1-8(13-10(15)19-11(2,3)4)9(14)12-6-5-7-20(16,17)18/h8H,5-7H2,1-4H3,(H,12,14)(H,13,15)(H,16,17,18)/t8-/m0/s1/i6D2. The maximum absolute atomic E-state index is 11.8. The molecular formula is C11H22N2O6S. The number of hydrogen-bond acceptors (Lipinski definition) is 5. The van der Waals surface area contributed by atoms with Gasteiger partial charge in [-0.3, -0.25) is 9.35 Å². The monoisotopic (exact) mass is 312 g/mol. The zero-order valence-corrected chi connectivity index (χ0v) is 12.7. The second-order valence-electron chi connectivity index (χ2n) is 5.07. The Kier molecular flexibility index (Phi) is 5.60. The molecule has 0 spiro atoms. The lowest BCUT2D eigenvalue weighted by atomic mass is 10.2. The lowest BCUT2D eigenvalue weighted by molar-refractivity contribution is -0.122. The molecular weight excluding hydrogens is 288 g/mol. The minimum atomic E-state index is -4.33. The van der Waals surface area contributed by atoms with Crippen LogP contribution in [0.2, 0.25) is 0 Å². The molecule has 1 atom stereocenters. The van der Waals surface area contributed by atoms with Gasteiger partial charge < -0.3 is 15.4 Å². The maximum Gasteiger partial charge on any atom is 0.408 e. The van der Waals surface area contributed by atoms with Gasteiger partial charge in [-0.1, -0.05) is 0 Å². The average Bonchev–Trinajstić information content (AvgIpc) is 2.22. The van der Waals surface area contributed by atoms with Gasteiger partial charge in [0.1, 0.15) is 11.6 Å². The summed E-state index contributed by atoms with van der Waals surface area (Å²) in [5.41, 5.74) is -0.746. The summed E-state index contributed by atoms with van der Waals surface area (Å²) in [6, 6.07) is -1.09. The zero-order valence-electron chi connectivity index (χ0n) is 13.9. The Labute approximate surface area is 121 Å². The first-order chi connectivity index (χ1) is 9.61. The number of carbonyl (C=O) groups is 2. The van der Waals surface area contributed by atoms with Crippen molar-refractivity contribution in [3.63, 3.8) is 0 Å². The normalized spacial score (nSPS) is 15.7. The summed E-state index contributed by atoms with van der Waals surface area (Å²) in [6.07, 6.45) is -1.47. The topological polar surface area (TPSA) is 122 Å². The Morgan fingerprint density at radius 3 is 2.40 bits per heavy atom. The van der Waals surface area contributed by atoms with Gasteiger partial charge in [0.05, 0.1) is 5.75 Å². The molecule has 0 saturated heterocycles. The fourth-order valence-corrected chi connectivity index (χ4v) is 1.35. The van der Waals surface area contributed by atoms with Crippen molar-refractivity contribution in [1.29, 1.82) is 0 Å². The van der Waals surface area contributed by atoms with Gasteiger partial charge in [0, 0.05) is 9.24 Å². The van der Waals surface area contributed by atoms with Crippen LogP contribution in [-0.2, 0) is 19.6 Å². The number of alkyl carbamates (subject to hydrolysis) is 1. The van der Waals surface area contributed by atoms with Gasteiger partial charge in [0.15, 0.2) is 0 Å². The van der Waals surface area contributed by atoms with Crippen LogP contribution in [0, 0.1) is 0 Å². The molecule has 0 heterocycles. The molecule has 0 aliphatic carbocycles. The molecule has 3 N–H and O–H groups in total. The molecule has 2 amide bonds. The summed E-state index contributed by atoms with van der Waals surface area (Å²) in [7, 11) is -4.33. The molecule has 0 saturated carbocycles. The first kappa shape index (κ1) is 15.0. The SMILES string of the molecule is [2H]C([2H])(CCS(=O)(=O)O)NC(=O)[C@H](C)NC(=O)OC(C)(C)C. The zero-order chi connectivity index (χ0) is 17.8. The molecule has 0 aliphatic heterocycles. The number of amides is 2. The Hall–Kier alpha value is -1.35. The smallest absolute Gasteiger partial charge is 0.408 e. The van der Waals surface area contributed by atoms with Crippen LogP contribution in [0.1, 0.15) is 36.9 Å². The molecule has 118 valence electrons. The van der Waals surface area contributed by atoms with Crippen molar-refractivity contribution in [3.8, 4) is 0 Å². The van der Waals surface area contributed by atoms with E-state index in [1.165, 1.54) is 6.92 Å². The van der Waals surface area contributed by atoms with E-state index < -0.39 is 52.4 Å². The Morgan fingerprint density at radius 2 is 1.95 bits per heavy atom. The van der Waals surface area contributed by atoms with Crippen molar-refractivity contribution in [2.75, 3.05) is 12.2 Å². The maximum atomic E-state index is 11.8. The number of nitrogens with one attached hydrogen (secondary N) is 2. The molecule has 0 aliphatic rings. The summed E-state index contributed by atoms with van der Waals surface area (Å²) in [6.45, 7) is 3.90. The van der Waals surface area contributed by atoms with E-state index in [-0.39, 0.29) is 0 Å². The highest BCUT2D eigenvalue weighted by molar-refractivity contribution is 7.85. The Bertz CT molecular complexity index is 515. The molecule has 9 heteroatoms. The predicted molar refractivity (Wildman–Crippen MR) is 72.9 cm³/mol. The van der Waals surface area contributed by atoms with E-state index in [1.807, 2.05) is 5.32 Å². The molecule has 0 bridgehead atoms. The van der Waals surface area contributed by atoms with Crippen LogP contribution in [0.5, 0.6) is 0 Å². The van der Waals surface area contributed by atoms with Crippen molar-refractivity contribution < 1.29 is 30.0 Å². The van der Waals surface area contributed by atoms with Crippen molar-refractivity contribution in [2.24, 2.45) is 0 Å². The minimum absolute atomic E-state index is 0.628. The fourth-order valence-electron chi connectivity index (χ4n) is 0.988. The molecule has 0 fully saturated rings. The van der Waals surface area contributed by atoms with E-state index in [9.17, 15) is 18.0 Å². The van der Waals surface area contributed by atoms with Crippen LogP contribution >= 0.6 is 0 Å². The van der Waals surface area contributed by atoms with E-state index in [4.69, 9.17) is 12.0 Å². The van der Waals surface area contributed by atoms with Gasteiger partial charge >= 0.3 is 6.09 Å². The molecule has 0 unspecified atom stereocenters. The minimum Gasteiger partial charge on any atom is -0.444 e. The molecule has 0 aromatic carbocycles. The van der Waals surface area contributed by atoms with Crippen molar-refractivity contribution in [3.05, 3.63) is 0 Å². The van der Waals surface area contributed by atoms with Crippen LogP contribution in [0.3, 0.4) is 0 Å². The molecule has 0 aromatic heterocycles. The molecule has 0 radical (unpaired) electrons. The van der Waals surface area contributed by atoms with Gasteiger partial charge in [0.25, 0.3) is 10.1 Å². The summed E-state index contributed by atoms with van der Waals surface area (Å²) in [4.78, 5) is 23.2. The first-order valence-corrected chi connectivity index (χ1v) is 7.49. The average molecular weight is 312 g/mol. The number of carbonyl (C=O) groups excluding carboxylic acids is 2. The Morgan fingerprint density at radius 1 is 1.40 bits per heavy atom. The number of hydrogen-bond donors (Lipinski definition) is 3. The predicted octanol–water partition coefficient (Wildman–Crippen LogP) is 0.294. The van der Waals surface area contributed by atoms with Gasteiger partial charge in [-0.2, -0.15) is 8.42 Å². The van der Waals surface area contributed by atoms with Crippen molar-refractivity contribution in [1.82, 2.24) is 10.6 Å². The summed E-state index contributed by atoms with van der Waals surface area (Å²) in [5, 5.41) is 4.17. The van der Waals surface area contributed by atoms with E-state index in [1.54, 1.807) is 20.8 Å². The van der Waals surface area contributed by atoms with E-state index >= 15 is 0 Å². The lowest BCUT2D eigenvalue weighted by Crippen LogP contribution is -2.46. The van der Waals surface area contributed by atoms with Gasteiger partial charge in [0.2, 0.25) is 5.91 Å². The fraction of sp³-hybridized carbons (Fsp3) is 0.818. The summed E-state index contributed by atoms with van der Waals surface area (Å²) < 4.78 is 49.6. The van der Waals surface area contributed by atoms with Crippen LogP contribution in [0.15, 0.2) is 0 Å². The van der Waals surface area contributed by atoms with Gasteiger partial charge in [-0.25, -0.2) is 4.79 Å². The third-order valence-electron chi connectivity index (χ3n) is 1.82. The van der Waals surface area contributed by atoms with E-state index in [2.05, 4.69) is 5.32 Å². The van der Waals surface area contributed by atoms with Crippen molar-refractivity contribution >= 4 is 22.1 Å². The number of ether oxygens (including phenoxy) is 1. The quantitative estimate of drug-likeness (QED) is 0.606. The lowest BCUT2D eigenvalue weighted by Gasteiger charge is -2.21. The Balaban J connectivity index is 4.49. The largest absolute Gasteiger partial charge is 0.444 e. The van der Waals surface area contributed by atoms with Gasteiger partial charge in [-0.05, 0) is 34.1 Å². The summed E-state index contributed by atoms with van der Waals surface area (Å²) >= 11 is 0. The summed E-state index contributed by atoms with van der Waals surface area (Å²) in [5.74, 6) is -1.69. The molecule has 20 heavy (non-hydrogen) atoms. The molecule has 0 rings (SSSR count). The highest BCUT2D eigenvalue weighted by atomic mass is 32.2. The van der Waals surface area contributed by atoms with Gasteiger partial charge in [-0.15, -0.1) is 0 Å². The van der Waals surface area contributed by atoms with E-state index in [0.717, 1.165) is 0 Å². The number of rotatable bonds is 6. The molecule has 0 aromatic rings. The van der Waals surface area contributed by atoms with Crippen LogP contribution < -0.4 is 10.6 Å².